The summed E-state index contributed by atoms with van der Waals surface area (Å²) in [6.45, 7) is 9.48. The van der Waals surface area contributed by atoms with Gasteiger partial charge in [0, 0.05) is 26.2 Å². The maximum Gasteiger partial charge on any atom is 0.180 e. The fourth-order valence-electron chi connectivity index (χ4n) is 3.03. The summed E-state index contributed by atoms with van der Waals surface area (Å²) in [5, 5.41) is 7.12. The van der Waals surface area contributed by atoms with Gasteiger partial charge in [0.05, 0.1) is 6.61 Å². The molecule has 0 aromatic carbocycles. The van der Waals surface area contributed by atoms with Crippen LogP contribution in [0.2, 0.25) is 0 Å². The standard InChI is InChI=1S/C14H25N5O/c1-12-15-14(17-16-12)13-11-19(9-10-20-13)8-7-18-5-3-2-4-6-18/h13H,2-11H2,1H3,(H,15,16,17)/t13-/m0/s1. The Bertz CT molecular complexity index is 415. The molecule has 20 heavy (non-hydrogen) atoms. The molecular weight excluding hydrogens is 254 g/mol. The highest BCUT2D eigenvalue weighted by Crippen LogP contribution is 2.19. The minimum Gasteiger partial charge on any atom is -0.367 e. The number of ether oxygens (including phenoxy) is 1. The fraction of sp³-hybridized carbons (Fsp3) is 0.857. The zero-order valence-corrected chi connectivity index (χ0v) is 12.3. The van der Waals surface area contributed by atoms with Crippen molar-refractivity contribution in [1.29, 1.82) is 0 Å². The van der Waals surface area contributed by atoms with Crippen molar-refractivity contribution >= 4 is 0 Å². The largest absolute Gasteiger partial charge is 0.367 e. The summed E-state index contributed by atoms with van der Waals surface area (Å²) in [6.07, 6.45) is 4.15. The Labute approximate surface area is 120 Å². The maximum absolute atomic E-state index is 5.80. The monoisotopic (exact) mass is 279 g/mol. The lowest BCUT2D eigenvalue weighted by atomic mass is 10.1. The Balaban J connectivity index is 1.47. The summed E-state index contributed by atoms with van der Waals surface area (Å²) in [7, 11) is 0. The summed E-state index contributed by atoms with van der Waals surface area (Å²) in [5.74, 6) is 1.65. The number of piperidine rings is 1. The van der Waals surface area contributed by atoms with Gasteiger partial charge in [0.2, 0.25) is 0 Å². The van der Waals surface area contributed by atoms with Gasteiger partial charge in [-0.2, -0.15) is 5.10 Å². The molecule has 2 aliphatic rings. The Kier molecular flexibility index (Phi) is 4.65. The van der Waals surface area contributed by atoms with Crippen LogP contribution in [0.5, 0.6) is 0 Å². The van der Waals surface area contributed by atoms with Gasteiger partial charge in [0.1, 0.15) is 11.9 Å². The molecule has 0 spiro atoms. The van der Waals surface area contributed by atoms with E-state index in [1.807, 2.05) is 6.92 Å². The van der Waals surface area contributed by atoms with Crippen LogP contribution in [0.4, 0.5) is 0 Å². The average Bonchev–Trinajstić information content (AvgIpc) is 2.93. The van der Waals surface area contributed by atoms with Crippen LogP contribution in [0, 0.1) is 6.92 Å². The van der Waals surface area contributed by atoms with E-state index in [4.69, 9.17) is 4.74 Å². The Hall–Kier alpha value is -0.980. The first-order valence-electron chi connectivity index (χ1n) is 7.76. The zero-order chi connectivity index (χ0) is 13.8. The Morgan fingerprint density at radius 1 is 1.15 bits per heavy atom. The smallest absolute Gasteiger partial charge is 0.180 e. The summed E-state index contributed by atoms with van der Waals surface area (Å²) in [4.78, 5) is 9.46. The van der Waals surface area contributed by atoms with Crippen molar-refractivity contribution in [3.05, 3.63) is 11.6 Å². The van der Waals surface area contributed by atoms with E-state index in [2.05, 4.69) is 25.0 Å². The lowest BCUT2D eigenvalue weighted by Crippen LogP contribution is -2.43. The predicted molar refractivity (Wildman–Crippen MR) is 76.5 cm³/mol. The van der Waals surface area contributed by atoms with Crippen molar-refractivity contribution < 1.29 is 4.74 Å². The predicted octanol–water partition coefficient (Wildman–Crippen LogP) is 0.972. The number of rotatable bonds is 4. The average molecular weight is 279 g/mol. The lowest BCUT2D eigenvalue weighted by Gasteiger charge is -2.34. The second-order valence-corrected chi connectivity index (χ2v) is 5.84. The van der Waals surface area contributed by atoms with Crippen molar-refractivity contribution in [2.45, 2.75) is 32.3 Å². The van der Waals surface area contributed by atoms with E-state index in [9.17, 15) is 0 Å². The number of aryl methyl sites for hydroxylation is 1. The molecule has 0 aliphatic carbocycles. The van der Waals surface area contributed by atoms with E-state index in [0.29, 0.717) is 0 Å². The van der Waals surface area contributed by atoms with Gasteiger partial charge in [-0.1, -0.05) is 6.42 Å². The lowest BCUT2D eigenvalue weighted by molar-refractivity contribution is -0.0365. The van der Waals surface area contributed by atoms with Crippen molar-refractivity contribution in [3.63, 3.8) is 0 Å². The number of nitrogens with zero attached hydrogens (tertiary/aromatic N) is 4. The molecule has 2 aliphatic heterocycles. The van der Waals surface area contributed by atoms with Gasteiger partial charge in [0.15, 0.2) is 5.82 Å². The number of aromatic nitrogens is 3. The summed E-state index contributed by atoms with van der Waals surface area (Å²) in [5.41, 5.74) is 0. The van der Waals surface area contributed by atoms with E-state index >= 15 is 0 Å². The molecule has 0 saturated carbocycles. The highest BCUT2D eigenvalue weighted by Gasteiger charge is 2.25. The molecule has 1 N–H and O–H groups in total. The van der Waals surface area contributed by atoms with Crippen molar-refractivity contribution in [1.82, 2.24) is 25.0 Å². The minimum atomic E-state index is 0.0232. The van der Waals surface area contributed by atoms with Crippen LogP contribution in [0.1, 0.15) is 37.0 Å². The quantitative estimate of drug-likeness (QED) is 0.890. The second-order valence-electron chi connectivity index (χ2n) is 5.84. The van der Waals surface area contributed by atoms with Gasteiger partial charge in [0.25, 0.3) is 0 Å². The first kappa shape index (κ1) is 14.0. The van der Waals surface area contributed by atoms with E-state index in [1.165, 1.54) is 38.9 Å². The van der Waals surface area contributed by atoms with Gasteiger partial charge in [-0.15, -0.1) is 0 Å². The summed E-state index contributed by atoms with van der Waals surface area (Å²) >= 11 is 0. The molecule has 3 heterocycles. The molecule has 2 fully saturated rings. The summed E-state index contributed by atoms with van der Waals surface area (Å²) in [6, 6.07) is 0. The van der Waals surface area contributed by atoms with Crippen molar-refractivity contribution in [2.75, 3.05) is 45.9 Å². The number of hydrogen-bond donors (Lipinski definition) is 1. The van der Waals surface area contributed by atoms with Gasteiger partial charge >= 0.3 is 0 Å². The fourth-order valence-corrected chi connectivity index (χ4v) is 3.03. The summed E-state index contributed by atoms with van der Waals surface area (Å²) < 4.78 is 5.80. The van der Waals surface area contributed by atoms with Crippen LogP contribution >= 0.6 is 0 Å². The number of morpholine rings is 1. The van der Waals surface area contributed by atoms with Gasteiger partial charge in [-0.25, -0.2) is 4.98 Å². The Morgan fingerprint density at radius 2 is 1.95 bits per heavy atom. The van der Waals surface area contributed by atoms with Crippen LogP contribution < -0.4 is 0 Å². The number of nitrogens with one attached hydrogen (secondary N) is 1. The van der Waals surface area contributed by atoms with E-state index < -0.39 is 0 Å². The molecule has 0 amide bonds. The molecule has 1 aromatic rings. The first-order chi connectivity index (χ1) is 9.81. The van der Waals surface area contributed by atoms with Crippen LogP contribution in [0.15, 0.2) is 0 Å². The molecular formula is C14H25N5O. The third-order valence-electron chi connectivity index (χ3n) is 4.23. The molecule has 0 bridgehead atoms. The van der Waals surface area contributed by atoms with E-state index in [-0.39, 0.29) is 6.10 Å². The normalized spacial score (nSPS) is 25.9. The molecule has 0 radical (unpaired) electrons. The SMILES string of the molecule is Cc1nc([C@@H]2CN(CCN3CCCCC3)CCO2)n[nH]1. The molecule has 1 atom stereocenters. The zero-order valence-electron chi connectivity index (χ0n) is 12.3. The number of likely N-dealkylation sites (tertiary alicyclic amines) is 1. The van der Waals surface area contributed by atoms with Gasteiger partial charge in [-0.3, -0.25) is 10.00 Å². The highest BCUT2D eigenvalue weighted by atomic mass is 16.5. The minimum absolute atomic E-state index is 0.0232. The van der Waals surface area contributed by atoms with E-state index in [0.717, 1.165) is 37.9 Å². The van der Waals surface area contributed by atoms with Crippen LogP contribution in [0.25, 0.3) is 0 Å². The maximum atomic E-state index is 5.80. The van der Waals surface area contributed by atoms with Crippen LogP contribution in [-0.2, 0) is 4.74 Å². The molecule has 3 rings (SSSR count). The molecule has 6 heteroatoms. The Morgan fingerprint density at radius 3 is 2.70 bits per heavy atom. The second kappa shape index (κ2) is 6.65. The number of hydrogen-bond acceptors (Lipinski definition) is 5. The molecule has 6 nitrogen and oxygen atoms in total. The topological polar surface area (TPSA) is 57.3 Å². The molecule has 1 aromatic heterocycles. The van der Waals surface area contributed by atoms with Crippen LogP contribution in [0.3, 0.4) is 0 Å². The van der Waals surface area contributed by atoms with Crippen molar-refractivity contribution in [2.24, 2.45) is 0 Å². The number of H-pyrrole nitrogens is 1. The molecule has 2 saturated heterocycles. The third kappa shape index (κ3) is 3.56. The van der Waals surface area contributed by atoms with Crippen LogP contribution in [-0.4, -0.2) is 70.9 Å². The first-order valence-corrected chi connectivity index (χ1v) is 7.76. The van der Waals surface area contributed by atoms with Crippen molar-refractivity contribution in [3.8, 4) is 0 Å². The van der Waals surface area contributed by atoms with Gasteiger partial charge < -0.3 is 9.64 Å². The van der Waals surface area contributed by atoms with E-state index in [1.54, 1.807) is 0 Å². The molecule has 0 unspecified atom stereocenters. The van der Waals surface area contributed by atoms with Gasteiger partial charge in [-0.05, 0) is 32.9 Å². The third-order valence-corrected chi connectivity index (χ3v) is 4.23. The number of aromatic amines is 1. The highest BCUT2D eigenvalue weighted by molar-refractivity contribution is 4.95. The molecule has 112 valence electrons.